The molecule has 0 spiro atoms. The van der Waals surface area contributed by atoms with Crippen molar-refractivity contribution < 1.29 is 0 Å². The molecule has 0 aliphatic rings. The van der Waals surface area contributed by atoms with Gasteiger partial charge in [-0.05, 0) is 24.0 Å². The Bertz CT molecular complexity index is 108. The molecular weight excluding hydrogens is 142 g/mol. The Hall–Kier alpha value is 0.0500. The quantitative estimate of drug-likeness (QED) is 0.681. The lowest BCUT2D eigenvalue weighted by Gasteiger charge is -2.03. The molecule has 60 valence electrons. The van der Waals surface area contributed by atoms with Crippen molar-refractivity contribution in [2.24, 2.45) is 5.73 Å². The molecule has 0 aromatic carbocycles. The lowest BCUT2D eigenvalue weighted by molar-refractivity contribution is 0.915. The van der Waals surface area contributed by atoms with Crippen molar-refractivity contribution in [2.45, 2.75) is 33.2 Å². The highest BCUT2D eigenvalue weighted by Gasteiger charge is 1.94. The van der Waals surface area contributed by atoms with Crippen LogP contribution in [0.15, 0.2) is 11.0 Å². The van der Waals surface area contributed by atoms with Gasteiger partial charge in [-0.3, -0.25) is 0 Å². The fraction of sp³-hybridized carbons (Fsp3) is 0.750. The normalized spacial score (nSPS) is 15.4. The van der Waals surface area contributed by atoms with Gasteiger partial charge in [0, 0.05) is 6.04 Å². The molecular formula is C8H17NS. The van der Waals surface area contributed by atoms with Gasteiger partial charge in [0.2, 0.25) is 0 Å². The second-order valence-electron chi connectivity index (χ2n) is 2.28. The molecule has 1 nitrogen and oxygen atoms in total. The molecule has 0 fully saturated rings. The first-order valence-corrected chi connectivity index (χ1v) is 4.78. The summed E-state index contributed by atoms with van der Waals surface area (Å²) in [6.45, 7) is 6.33. The average molecular weight is 159 g/mol. The van der Waals surface area contributed by atoms with Crippen LogP contribution in [-0.4, -0.2) is 11.8 Å². The van der Waals surface area contributed by atoms with E-state index in [9.17, 15) is 0 Å². The molecule has 1 unspecified atom stereocenters. The number of hydrogen-bond donors (Lipinski definition) is 1. The fourth-order valence-electron chi connectivity index (χ4n) is 0.747. The number of rotatable bonds is 4. The summed E-state index contributed by atoms with van der Waals surface area (Å²) in [6, 6.07) is 0.203. The summed E-state index contributed by atoms with van der Waals surface area (Å²) in [5.41, 5.74) is 5.61. The highest BCUT2D eigenvalue weighted by Crippen LogP contribution is 2.18. The molecule has 2 N–H and O–H groups in total. The van der Waals surface area contributed by atoms with E-state index in [1.54, 1.807) is 0 Å². The van der Waals surface area contributed by atoms with Gasteiger partial charge in [-0.1, -0.05) is 19.9 Å². The smallest absolute Gasteiger partial charge is 0.0205 e. The van der Waals surface area contributed by atoms with Crippen LogP contribution in [0.5, 0.6) is 0 Å². The zero-order valence-electron chi connectivity index (χ0n) is 7.05. The summed E-state index contributed by atoms with van der Waals surface area (Å²) >= 11 is 1.89. The molecule has 0 radical (unpaired) electrons. The third kappa shape index (κ3) is 4.89. The van der Waals surface area contributed by atoms with Crippen LogP contribution in [0.1, 0.15) is 27.2 Å². The molecule has 0 saturated carbocycles. The molecule has 0 aromatic rings. The third-order valence-corrected chi connectivity index (χ3v) is 2.21. The van der Waals surface area contributed by atoms with Crippen molar-refractivity contribution >= 4 is 11.8 Å². The van der Waals surface area contributed by atoms with Gasteiger partial charge in [-0.25, -0.2) is 0 Å². The Labute approximate surface area is 68.1 Å². The maximum Gasteiger partial charge on any atom is 0.0205 e. The van der Waals surface area contributed by atoms with Crippen molar-refractivity contribution in [3.63, 3.8) is 0 Å². The van der Waals surface area contributed by atoms with E-state index in [4.69, 9.17) is 5.73 Å². The largest absolute Gasteiger partial charge is 0.325 e. The molecule has 0 amide bonds. The second kappa shape index (κ2) is 5.81. The van der Waals surface area contributed by atoms with Crippen LogP contribution in [0.25, 0.3) is 0 Å². The predicted molar refractivity (Wildman–Crippen MR) is 50.2 cm³/mol. The second-order valence-corrected chi connectivity index (χ2v) is 3.67. The van der Waals surface area contributed by atoms with Crippen LogP contribution < -0.4 is 5.73 Å². The highest BCUT2D eigenvalue weighted by molar-refractivity contribution is 8.03. The third-order valence-electron chi connectivity index (χ3n) is 1.13. The van der Waals surface area contributed by atoms with Gasteiger partial charge in [0.05, 0.1) is 0 Å². The summed E-state index contributed by atoms with van der Waals surface area (Å²) in [6.07, 6.45) is 3.24. The van der Waals surface area contributed by atoms with Gasteiger partial charge in [0.1, 0.15) is 0 Å². The zero-order chi connectivity index (χ0) is 7.98. The van der Waals surface area contributed by atoms with Crippen LogP contribution in [0.4, 0.5) is 0 Å². The lowest BCUT2D eigenvalue weighted by atomic mass is 10.3. The molecule has 0 aliphatic carbocycles. The van der Waals surface area contributed by atoms with Crippen LogP contribution >= 0.6 is 11.8 Å². The molecule has 2 heteroatoms. The Morgan fingerprint density at radius 1 is 1.60 bits per heavy atom. The first-order chi connectivity index (χ1) is 4.70. The molecule has 0 saturated heterocycles. The van der Waals surface area contributed by atoms with E-state index < -0.39 is 0 Å². The van der Waals surface area contributed by atoms with Crippen LogP contribution in [-0.2, 0) is 0 Å². The monoisotopic (exact) mass is 159 g/mol. The molecule has 0 rings (SSSR count). The van der Waals surface area contributed by atoms with Gasteiger partial charge in [-0.2, -0.15) is 0 Å². The summed E-state index contributed by atoms with van der Waals surface area (Å²) in [7, 11) is 0. The molecule has 10 heavy (non-hydrogen) atoms. The van der Waals surface area contributed by atoms with Crippen molar-refractivity contribution in [3.8, 4) is 0 Å². The van der Waals surface area contributed by atoms with E-state index in [1.165, 1.54) is 4.91 Å². The van der Waals surface area contributed by atoms with E-state index in [0.29, 0.717) is 0 Å². The van der Waals surface area contributed by atoms with Gasteiger partial charge in [0.25, 0.3) is 0 Å². The van der Waals surface area contributed by atoms with Gasteiger partial charge in [0.15, 0.2) is 0 Å². The summed E-state index contributed by atoms with van der Waals surface area (Å²) < 4.78 is 0. The van der Waals surface area contributed by atoms with Crippen molar-refractivity contribution in [1.82, 2.24) is 0 Å². The molecule has 1 atom stereocenters. The first kappa shape index (κ1) is 10.0. The highest BCUT2D eigenvalue weighted by atomic mass is 32.2. The predicted octanol–water partition coefficient (Wildman–Crippen LogP) is 2.38. The summed E-state index contributed by atoms with van der Waals surface area (Å²) in [5.74, 6) is 1.15. The van der Waals surface area contributed by atoms with E-state index in [-0.39, 0.29) is 6.04 Å². The standard InChI is InChI=1S/C8H17NS/c1-4-8(10-5-2)6-7(3)9/h6-7H,4-5,9H2,1-3H3/b8-6+. The molecule has 0 aromatic heterocycles. The maximum absolute atomic E-state index is 5.61. The topological polar surface area (TPSA) is 26.0 Å². The Morgan fingerprint density at radius 2 is 2.20 bits per heavy atom. The number of hydrogen-bond acceptors (Lipinski definition) is 2. The zero-order valence-corrected chi connectivity index (χ0v) is 7.87. The Kier molecular flexibility index (Phi) is 5.84. The van der Waals surface area contributed by atoms with Gasteiger partial charge < -0.3 is 5.73 Å². The van der Waals surface area contributed by atoms with Crippen LogP contribution in [0, 0.1) is 0 Å². The van der Waals surface area contributed by atoms with Crippen molar-refractivity contribution in [1.29, 1.82) is 0 Å². The van der Waals surface area contributed by atoms with Gasteiger partial charge >= 0.3 is 0 Å². The minimum absolute atomic E-state index is 0.203. The lowest BCUT2D eigenvalue weighted by Crippen LogP contribution is -2.11. The summed E-state index contributed by atoms with van der Waals surface area (Å²) in [4.78, 5) is 1.41. The van der Waals surface area contributed by atoms with Crippen LogP contribution in [0.3, 0.4) is 0 Å². The summed E-state index contributed by atoms with van der Waals surface area (Å²) in [5, 5.41) is 0. The molecule has 0 aliphatic heterocycles. The Morgan fingerprint density at radius 3 is 2.50 bits per heavy atom. The first-order valence-electron chi connectivity index (χ1n) is 3.79. The van der Waals surface area contributed by atoms with Crippen molar-refractivity contribution in [2.75, 3.05) is 5.75 Å². The van der Waals surface area contributed by atoms with E-state index in [2.05, 4.69) is 19.9 Å². The maximum atomic E-state index is 5.61. The van der Waals surface area contributed by atoms with Crippen molar-refractivity contribution in [3.05, 3.63) is 11.0 Å². The number of allylic oxidation sites excluding steroid dienone is 1. The van der Waals surface area contributed by atoms with Gasteiger partial charge in [-0.15, -0.1) is 11.8 Å². The Balaban J connectivity index is 3.78. The number of thioether (sulfide) groups is 1. The minimum Gasteiger partial charge on any atom is -0.325 e. The van der Waals surface area contributed by atoms with E-state index in [0.717, 1.165) is 12.2 Å². The van der Waals surface area contributed by atoms with Crippen LogP contribution in [0.2, 0.25) is 0 Å². The minimum atomic E-state index is 0.203. The number of nitrogens with two attached hydrogens (primary N) is 1. The molecule has 0 bridgehead atoms. The van der Waals surface area contributed by atoms with E-state index >= 15 is 0 Å². The molecule has 0 heterocycles. The fourth-order valence-corrected chi connectivity index (χ4v) is 1.63. The van der Waals surface area contributed by atoms with E-state index in [1.807, 2.05) is 18.7 Å². The SMILES string of the molecule is CCS/C(=C/C(C)N)CC. The average Bonchev–Trinajstić information content (AvgIpc) is 1.86.